The number of ether oxygens (including phenoxy) is 2. The maximum Gasteiger partial charge on any atom is 0.127 e. The number of methoxy groups -OCH3 is 2. The zero-order valence-electron chi connectivity index (χ0n) is 12.3. The molecule has 4 nitrogen and oxygen atoms in total. The van der Waals surface area contributed by atoms with Crippen LogP contribution in [0.1, 0.15) is 12.0 Å². The molecule has 1 fully saturated rings. The van der Waals surface area contributed by atoms with E-state index in [1.54, 1.807) is 24.0 Å². The second kappa shape index (κ2) is 6.78. The monoisotopic (exact) mass is 266 g/mol. The summed E-state index contributed by atoms with van der Waals surface area (Å²) in [5.41, 5.74) is 1.25. The molecule has 1 aliphatic heterocycles. The third kappa shape index (κ3) is 3.85. The number of hydrogen-bond acceptors (Lipinski definition) is 2. The normalized spacial score (nSPS) is 23.7. The summed E-state index contributed by atoms with van der Waals surface area (Å²) in [6.45, 7) is 6.04. The van der Waals surface area contributed by atoms with E-state index in [9.17, 15) is 0 Å². The van der Waals surface area contributed by atoms with Gasteiger partial charge in [-0.25, -0.2) is 0 Å². The van der Waals surface area contributed by atoms with E-state index in [1.165, 1.54) is 38.2 Å². The summed E-state index contributed by atoms with van der Waals surface area (Å²) in [7, 11) is 5.73. The fourth-order valence-corrected chi connectivity index (χ4v) is 2.75. The van der Waals surface area contributed by atoms with Gasteiger partial charge in [0.2, 0.25) is 0 Å². The lowest BCUT2D eigenvalue weighted by Gasteiger charge is -2.18. The van der Waals surface area contributed by atoms with E-state index in [2.05, 4.69) is 13.1 Å². The van der Waals surface area contributed by atoms with Gasteiger partial charge < -0.3 is 19.3 Å². The predicted octanol–water partition coefficient (Wildman–Crippen LogP) is -0.993. The lowest BCUT2D eigenvalue weighted by Crippen LogP contribution is -3.15. The average Bonchev–Trinajstić information content (AvgIpc) is 2.63. The number of quaternary nitrogens is 2. The van der Waals surface area contributed by atoms with Crippen LogP contribution in [0.5, 0.6) is 11.5 Å². The van der Waals surface area contributed by atoms with Crippen LogP contribution in [0.3, 0.4) is 0 Å². The first kappa shape index (κ1) is 14.2. The number of benzene rings is 1. The Hall–Kier alpha value is -1.26. The van der Waals surface area contributed by atoms with Crippen LogP contribution < -0.4 is 19.3 Å². The summed E-state index contributed by atoms with van der Waals surface area (Å²) in [5, 5.41) is 0. The number of likely N-dealkylation sites (N-methyl/N-ethyl adjacent to an activating group) is 1. The van der Waals surface area contributed by atoms with E-state index in [0.29, 0.717) is 0 Å². The molecule has 1 aromatic rings. The van der Waals surface area contributed by atoms with Gasteiger partial charge in [-0.15, -0.1) is 0 Å². The molecule has 0 saturated carbocycles. The van der Waals surface area contributed by atoms with E-state index in [0.717, 1.165) is 18.0 Å². The summed E-state index contributed by atoms with van der Waals surface area (Å²) >= 11 is 0. The molecular formula is C15H26N2O2+2. The van der Waals surface area contributed by atoms with Crippen molar-refractivity contribution in [2.45, 2.75) is 13.0 Å². The van der Waals surface area contributed by atoms with Crippen molar-refractivity contribution >= 4 is 0 Å². The van der Waals surface area contributed by atoms with Gasteiger partial charge in [0, 0.05) is 6.42 Å². The fourth-order valence-electron chi connectivity index (χ4n) is 2.75. The van der Waals surface area contributed by atoms with Crippen LogP contribution in [0, 0.1) is 0 Å². The quantitative estimate of drug-likeness (QED) is 0.732. The van der Waals surface area contributed by atoms with E-state index >= 15 is 0 Å². The first-order chi connectivity index (χ1) is 9.22. The van der Waals surface area contributed by atoms with E-state index in [-0.39, 0.29) is 0 Å². The fraction of sp³-hybridized carbons (Fsp3) is 0.600. The molecule has 0 amide bonds. The SMILES string of the molecule is COc1ccc(OC)c(C[NH+]2CCC[NH+](C)CC2)c1. The molecule has 106 valence electrons. The van der Waals surface area contributed by atoms with Crippen molar-refractivity contribution in [2.75, 3.05) is 47.4 Å². The summed E-state index contributed by atoms with van der Waals surface area (Å²) < 4.78 is 10.8. The Morgan fingerprint density at radius 3 is 2.63 bits per heavy atom. The maximum absolute atomic E-state index is 5.46. The molecule has 0 aromatic heterocycles. The van der Waals surface area contributed by atoms with Crippen molar-refractivity contribution < 1.29 is 19.3 Å². The number of nitrogens with one attached hydrogen (secondary N) is 2. The van der Waals surface area contributed by atoms with Crippen molar-refractivity contribution in [3.63, 3.8) is 0 Å². The Balaban J connectivity index is 2.08. The highest BCUT2D eigenvalue weighted by Gasteiger charge is 2.19. The highest BCUT2D eigenvalue weighted by Crippen LogP contribution is 2.23. The van der Waals surface area contributed by atoms with E-state index in [4.69, 9.17) is 9.47 Å². The van der Waals surface area contributed by atoms with Crippen molar-refractivity contribution in [2.24, 2.45) is 0 Å². The Morgan fingerprint density at radius 2 is 1.89 bits per heavy atom. The summed E-state index contributed by atoms with van der Waals surface area (Å²) in [6, 6.07) is 6.06. The summed E-state index contributed by atoms with van der Waals surface area (Å²) in [5.74, 6) is 1.88. The van der Waals surface area contributed by atoms with E-state index < -0.39 is 0 Å². The van der Waals surface area contributed by atoms with Gasteiger partial charge in [-0.1, -0.05) is 0 Å². The van der Waals surface area contributed by atoms with Gasteiger partial charge >= 0.3 is 0 Å². The van der Waals surface area contributed by atoms with Crippen LogP contribution in [-0.2, 0) is 6.54 Å². The molecule has 2 rings (SSSR count). The molecule has 1 heterocycles. The molecule has 1 saturated heterocycles. The van der Waals surface area contributed by atoms with Gasteiger partial charge in [-0.2, -0.15) is 0 Å². The highest BCUT2D eigenvalue weighted by molar-refractivity contribution is 5.39. The second-order valence-corrected chi connectivity index (χ2v) is 5.42. The Labute approximate surface area is 115 Å². The van der Waals surface area contributed by atoms with Crippen molar-refractivity contribution in [3.05, 3.63) is 23.8 Å². The Morgan fingerprint density at radius 1 is 1.05 bits per heavy atom. The van der Waals surface area contributed by atoms with Crippen molar-refractivity contribution in [1.29, 1.82) is 0 Å². The molecule has 19 heavy (non-hydrogen) atoms. The standard InChI is InChI=1S/C15H24N2O2/c1-16-7-4-8-17(10-9-16)12-13-11-14(18-2)5-6-15(13)19-3/h5-6,11H,4,7-10,12H2,1-3H3/p+2. The molecule has 4 heteroatoms. The third-order valence-corrected chi connectivity index (χ3v) is 3.97. The van der Waals surface area contributed by atoms with Gasteiger partial charge in [0.05, 0.1) is 39.9 Å². The molecule has 0 radical (unpaired) electrons. The average molecular weight is 266 g/mol. The minimum atomic E-state index is 0.910. The Kier molecular flexibility index (Phi) is 5.05. The number of hydrogen-bond donors (Lipinski definition) is 2. The van der Waals surface area contributed by atoms with Crippen molar-refractivity contribution in [3.8, 4) is 11.5 Å². The van der Waals surface area contributed by atoms with Crippen LogP contribution in [0.25, 0.3) is 0 Å². The van der Waals surface area contributed by atoms with Gasteiger partial charge in [-0.3, -0.25) is 0 Å². The molecule has 1 aromatic carbocycles. The molecule has 0 spiro atoms. The van der Waals surface area contributed by atoms with Crippen LogP contribution in [-0.4, -0.2) is 47.4 Å². The van der Waals surface area contributed by atoms with Crippen LogP contribution in [0.4, 0.5) is 0 Å². The predicted molar refractivity (Wildman–Crippen MR) is 75.2 cm³/mol. The summed E-state index contributed by atoms with van der Waals surface area (Å²) in [4.78, 5) is 3.29. The third-order valence-electron chi connectivity index (χ3n) is 3.97. The van der Waals surface area contributed by atoms with E-state index in [1.807, 2.05) is 12.1 Å². The highest BCUT2D eigenvalue weighted by atomic mass is 16.5. The zero-order valence-corrected chi connectivity index (χ0v) is 12.3. The topological polar surface area (TPSA) is 27.3 Å². The summed E-state index contributed by atoms with van der Waals surface area (Å²) in [6.07, 6.45) is 1.30. The largest absolute Gasteiger partial charge is 0.497 e. The molecule has 2 unspecified atom stereocenters. The van der Waals surface area contributed by atoms with Crippen molar-refractivity contribution in [1.82, 2.24) is 0 Å². The lowest BCUT2D eigenvalue weighted by atomic mass is 10.1. The molecule has 1 aliphatic rings. The Bertz CT molecular complexity index is 409. The molecule has 2 atom stereocenters. The van der Waals surface area contributed by atoms with Gasteiger partial charge in [0.15, 0.2) is 0 Å². The van der Waals surface area contributed by atoms with Gasteiger partial charge in [0.1, 0.15) is 31.1 Å². The first-order valence-corrected chi connectivity index (χ1v) is 7.08. The zero-order chi connectivity index (χ0) is 13.7. The molecule has 2 N–H and O–H groups in total. The minimum absolute atomic E-state index is 0.910. The minimum Gasteiger partial charge on any atom is -0.497 e. The smallest absolute Gasteiger partial charge is 0.127 e. The van der Waals surface area contributed by atoms with Gasteiger partial charge in [-0.05, 0) is 18.2 Å². The molecule has 0 bridgehead atoms. The lowest BCUT2D eigenvalue weighted by molar-refractivity contribution is -0.938. The van der Waals surface area contributed by atoms with Crippen LogP contribution in [0.2, 0.25) is 0 Å². The second-order valence-electron chi connectivity index (χ2n) is 5.42. The van der Waals surface area contributed by atoms with Crippen LogP contribution in [0.15, 0.2) is 18.2 Å². The first-order valence-electron chi connectivity index (χ1n) is 7.08. The molecular weight excluding hydrogens is 240 g/mol. The van der Waals surface area contributed by atoms with Gasteiger partial charge in [0.25, 0.3) is 0 Å². The number of rotatable bonds is 4. The van der Waals surface area contributed by atoms with Crippen LogP contribution >= 0.6 is 0 Å². The maximum atomic E-state index is 5.46. The molecule has 0 aliphatic carbocycles.